The van der Waals surface area contributed by atoms with Crippen molar-refractivity contribution in [2.24, 2.45) is 5.92 Å². The van der Waals surface area contributed by atoms with Gasteiger partial charge in [-0.1, -0.05) is 35.8 Å². The minimum absolute atomic E-state index is 0.0380. The molecule has 0 spiro atoms. The number of hydrogen-bond donors (Lipinski definition) is 1. The number of aromatic amines is 1. The SMILES string of the molecule is CC(C)CN(C)C(=O)c1cc2ccc(Br)cc2[nH]1. The van der Waals surface area contributed by atoms with E-state index in [9.17, 15) is 4.79 Å². The van der Waals surface area contributed by atoms with E-state index in [1.54, 1.807) is 4.90 Å². The molecule has 3 nitrogen and oxygen atoms in total. The first-order chi connectivity index (χ1) is 8.47. The molecule has 2 aromatic rings. The zero-order chi connectivity index (χ0) is 13.3. The van der Waals surface area contributed by atoms with Crippen LogP contribution in [0.5, 0.6) is 0 Å². The van der Waals surface area contributed by atoms with E-state index in [2.05, 4.69) is 34.8 Å². The fourth-order valence-corrected chi connectivity index (χ4v) is 2.41. The highest BCUT2D eigenvalue weighted by Crippen LogP contribution is 2.21. The van der Waals surface area contributed by atoms with Crippen LogP contribution >= 0.6 is 15.9 Å². The highest BCUT2D eigenvalue weighted by molar-refractivity contribution is 9.10. The number of benzene rings is 1. The lowest BCUT2D eigenvalue weighted by atomic mass is 10.2. The highest BCUT2D eigenvalue weighted by atomic mass is 79.9. The molecule has 18 heavy (non-hydrogen) atoms. The Balaban J connectivity index is 2.28. The van der Waals surface area contributed by atoms with Gasteiger partial charge in [-0.05, 0) is 24.1 Å². The Kier molecular flexibility index (Phi) is 3.76. The molecule has 1 N–H and O–H groups in total. The van der Waals surface area contributed by atoms with Gasteiger partial charge in [-0.25, -0.2) is 0 Å². The van der Waals surface area contributed by atoms with Crippen LogP contribution in [0.3, 0.4) is 0 Å². The van der Waals surface area contributed by atoms with Gasteiger partial charge in [0.05, 0.1) is 0 Å². The van der Waals surface area contributed by atoms with E-state index in [-0.39, 0.29) is 5.91 Å². The normalized spacial score (nSPS) is 11.2. The van der Waals surface area contributed by atoms with Gasteiger partial charge in [0, 0.05) is 29.0 Å². The second-order valence-corrected chi connectivity index (χ2v) is 5.91. The second kappa shape index (κ2) is 5.14. The molecule has 1 amide bonds. The second-order valence-electron chi connectivity index (χ2n) is 4.99. The average Bonchev–Trinajstić information content (AvgIpc) is 2.69. The van der Waals surface area contributed by atoms with E-state index < -0.39 is 0 Å². The van der Waals surface area contributed by atoms with Gasteiger partial charge in [0.25, 0.3) is 5.91 Å². The summed E-state index contributed by atoms with van der Waals surface area (Å²) < 4.78 is 1.01. The monoisotopic (exact) mass is 308 g/mol. The van der Waals surface area contributed by atoms with E-state index in [1.807, 2.05) is 31.3 Å². The van der Waals surface area contributed by atoms with Crippen LogP contribution in [0, 0.1) is 5.92 Å². The molecule has 0 saturated heterocycles. The van der Waals surface area contributed by atoms with Crippen LogP contribution in [0.1, 0.15) is 24.3 Å². The first-order valence-electron chi connectivity index (χ1n) is 6.01. The maximum Gasteiger partial charge on any atom is 0.270 e. The third kappa shape index (κ3) is 2.75. The van der Waals surface area contributed by atoms with E-state index in [4.69, 9.17) is 0 Å². The molecule has 1 aromatic carbocycles. The Morgan fingerprint density at radius 2 is 2.11 bits per heavy atom. The fraction of sp³-hybridized carbons (Fsp3) is 0.357. The molecule has 0 radical (unpaired) electrons. The molecular weight excluding hydrogens is 292 g/mol. The van der Waals surface area contributed by atoms with Gasteiger partial charge in [-0.3, -0.25) is 4.79 Å². The van der Waals surface area contributed by atoms with Crippen molar-refractivity contribution >= 4 is 32.7 Å². The molecule has 1 heterocycles. The van der Waals surface area contributed by atoms with Crippen LogP contribution < -0.4 is 0 Å². The number of H-pyrrole nitrogens is 1. The number of nitrogens with zero attached hydrogens (tertiary/aromatic N) is 1. The lowest BCUT2D eigenvalue weighted by Crippen LogP contribution is -2.30. The molecule has 0 saturated carbocycles. The van der Waals surface area contributed by atoms with Gasteiger partial charge in [0.1, 0.15) is 5.69 Å². The summed E-state index contributed by atoms with van der Waals surface area (Å²) in [4.78, 5) is 17.1. The molecule has 0 aliphatic carbocycles. The Labute approximate surface area is 115 Å². The van der Waals surface area contributed by atoms with E-state index in [0.717, 1.165) is 21.9 Å². The zero-order valence-corrected chi connectivity index (χ0v) is 12.4. The van der Waals surface area contributed by atoms with Crippen molar-refractivity contribution in [2.75, 3.05) is 13.6 Å². The summed E-state index contributed by atoms with van der Waals surface area (Å²) in [6.45, 7) is 4.97. The molecule has 0 aliphatic heterocycles. The summed E-state index contributed by atoms with van der Waals surface area (Å²) in [7, 11) is 1.84. The number of hydrogen-bond acceptors (Lipinski definition) is 1. The molecular formula is C14H17BrN2O. The van der Waals surface area contributed by atoms with Gasteiger partial charge >= 0.3 is 0 Å². The summed E-state index contributed by atoms with van der Waals surface area (Å²) in [5, 5.41) is 1.06. The first kappa shape index (κ1) is 13.1. The van der Waals surface area contributed by atoms with Crippen molar-refractivity contribution in [1.29, 1.82) is 0 Å². The van der Waals surface area contributed by atoms with Crippen LogP contribution in [0.2, 0.25) is 0 Å². The van der Waals surface area contributed by atoms with Crippen molar-refractivity contribution in [3.63, 3.8) is 0 Å². The Morgan fingerprint density at radius 1 is 1.39 bits per heavy atom. The van der Waals surface area contributed by atoms with Gasteiger partial charge in [0.15, 0.2) is 0 Å². The number of carbonyl (C=O) groups is 1. The Bertz CT molecular complexity index is 574. The van der Waals surface area contributed by atoms with Crippen molar-refractivity contribution < 1.29 is 4.79 Å². The molecule has 0 aliphatic rings. The van der Waals surface area contributed by atoms with E-state index in [0.29, 0.717) is 11.6 Å². The van der Waals surface area contributed by atoms with Crippen molar-refractivity contribution in [3.8, 4) is 0 Å². The quantitative estimate of drug-likeness (QED) is 0.923. The summed E-state index contributed by atoms with van der Waals surface area (Å²) in [5.41, 5.74) is 1.62. The van der Waals surface area contributed by atoms with Gasteiger partial charge < -0.3 is 9.88 Å². The van der Waals surface area contributed by atoms with Crippen LogP contribution in [0.25, 0.3) is 10.9 Å². The minimum Gasteiger partial charge on any atom is -0.350 e. The van der Waals surface area contributed by atoms with Crippen molar-refractivity contribution in [1.82, 2.24) is 9.88 Å². The van der Waals surface area contributed by atoms with Crippen LogP contribution in [0.4, 0.5) is 0 Å². The third-order valence-corrected chi connectivity index (χ3v) is 3.29. The number of fused-ring (bicyclic) bond motifs is 1. The summed E-state index contributed by atoms with van der Waals surface area (Å²) in [6, 6.07) is 7.85. The Hall–Kier alpha value is -1.29. The number of amides is 1. The molecule has 0 fully saturated rings. The van der Waals surface area contributed by atoms with Crippen LogP contribution in [0.15, 0.2) is 28.7 Å². The molecule has 1 aromatic heterocycles. The van der Waals surface area contributed by atoms with E-state index in [1.165, 1.54) is 0 Å². The van der Waals surface area contributed by atoms with Gasteiger partial charge in [-0.2, -0.15) is 0 Å². The summed E-state index contributed by atoms with van der Waals surface area (Å²) >= 11 is 3.43. The van der Waals surface area contributed by atoms with Crippen LogP contribution in [-0.2, 0) is 0 Å². The topological polar surface area (TPSA) is 36.1 Å². The van der Waals surface area contributed by atoms with Crippen molar-refractivity contribution in [3.05, 3.63) is 34.4 Å². The van der Waals surface area contributed by atoms with E-state index >= 15 is 0 Å². The highest BCUT2D eigenvalue weighted by Gasteiger charge is 2.15. The first-order valence-corrected chi connectivity index (χ1v) is 6.80. The van der Waals surface area contributed by atoms with Crippen molar-refractivity contribution in [2.45, 2.75) is 13.8 Å². The lowest BCUT2D eigenvalue weighted by molar-refractivity contribution is 0.0774. The summed E-state index contributed by atoms with van der Waals surface area (Å²) in [6.07, 6.45) is 0. The van der Waals surface area contributed by atoms with Gasteiger partial charge in [0.2, 0.25) is 0 Å². The number of halogens is 1. The molecule has 96 valence electrons. The zero-order valence-electron chi connectivity index (χ0n) is 10.8. The maximum absolute atomic E-state index is 12.2. The molecule has 0 unspecified atom stereocenters. The number of aromatic nitrogens is 1. The molecule has 2 rings (SSSR count). The molecule has 0 atom stereocenters. The average molecular weight is 309 g/mol. The largest absolute Gasteiger partial charge is 0.350 e. The minimum atomic E-state index is 0.0380. The fourth-order valence-electron chi connectivity index (χ4n) is 2.05. The lowest BCUT2D eigenvalue weighted by Gasteiger charge is -2.18. The number of carbonyl (C=O) groups excluding carboxylic acids is 1. The molecule has 4 heteroatoms. The number of rotatable bonds is 3. The van der Waals surface area contributed by atoms with Gasteiger partial charge in [-0.15, -0.1) is 0 Å². The Morgan fingerprint density at radius 3 is 2.78 bits per heavy atom. The standard InChI is InChI=1S/C14H17BrN2O/c1-9(2)8-17(3)14(18)13-6-10-4-5-11(15)7-12(10)16-13/h4-7,9,16H,8H2,1-3H3. The number of nitrogens with one attached hydrogen (secondary N) is 1. The smallest absolute Gasteiger partial charge is 0.270 e. The summed E-state index contributed by atoms with van der Waals surface area (Å²) in [5.74, 6) is 0.508. The van der Waals surface area contributed by atoms with Crippen LogP contribution in [-0.4, -0.2) is 29.4 Å². The predicted octanol–water partition coefficient (Wildman–Crippen LogP) is 3.66. The predicted molar refractivity (Wildman–Crippen MR) is 77.8 cm³/mol. The third-order valence-electron chi connectivity index (χ3n) is 2.80. The molecule has 0 bridgehead atoms. The maximum atomic E-state index is 12.2.